The predicted molar refractivity (Wildman–Crippen MR) is 60.2 cm³/mol. The molecule has 0 heterocycles. The van der Waals surface area contributed by atoms with Crippen LogP contribution < -0.4 is 0 Å². The summed E-state index contributed by atoms with van der Waals surface area (Å²) in [5, 5.41) is 30.0. The molecule has 0 aromatic rings. The molecular weight excluding hydrogens is 262 g/mol. The van der Waals surface area contributed by atoms with Gasteiger partial charge in [0.25, 0.3) is 0 Å². The summed E-state index contributed by atoms with van der Waals surface area (Å²) in [6.45, 7) is 2.35. The first-order valence-corrected chi connectivity index (χ1v) is 5.58. The van der Waals surface area contributed by atoms with Crippen LogP contribution in [0, 0.1) is 10.1 Å². The molecule has 0 aromatic carbocycles. The van der Waals surface area contributed by atoms with Crippen LogP contribution in [0.5, 0.6) is 0 Å². The quantitative estimate of drug-likeness (QED) is 0.277. The standard InChI is InChI=1S/C10H17NO8/c1-4-7(13)18-10(15,19-8(14)5-2)9(3,6-12)11(16)17/h12,15H,4-6H2,1-3H3. The third kappa shape index (κ3) is 3.61. The van der Waals surface area contributed by atoms with Crippen molar-refractivity contribution in [2.45, 2.75) is 45.1 Å². The van der Waals surface area contributed by atoms with Gasteiger partial charge >= 0.3 is 23.5 Å². The largest absolute Gasteiger partial charge is 0.450 e. The Hall–Kier alpha value is -1.74. The molecule has 110 valence electrons. The van der Waals surface area contributed by atoms with Crippen molar-refractivity contribution in [2.24, 2.45) is 0 Å². The van der Waals surface area contributed by atoms with Gasteiger partial charge in [-0.2, -0.15) is 0 Å². The molecule has 19 heavy (non-hydrogen) atoms. The van der Waals surface area contributed by atoms with Crippen LogP contribution in [0.25, 0.3) is 0 Å². The lowest BCUT2D eigenvalue weighted by atomic mass is 10.0. The van der Waals surface area contributed by atoms with E-state index in [0.29, 0.717) is 0 Å². The van der Waals surface area contributed by atoms with Crippen LogP contribution in [0.3, 0.4) is 0 Å². The molecule has 9 nitrogen and oxygen atoms in total. The van der Waals surface area contributed by atoms with E-state index in [2.05, 4.69) is 9.47 Å². The van der Waals surface area contributed by atoms with E-state index in [0.717, 1.165) is 6.92 Å². The number of aliphatic hydroxyl groups excluding tert-OH is 1. The fraction of sp³-hybridized carbons (Fsp3) is 0.800. The SMILES string of the molecule is CCC(=O)OC(O)(OC(=O)CC)C(C)(CO)[N+](=O)[O-]. The summed E-state index contributed by atoms with van der Waals surface area (Å²) in [5.74, 6) is -5.22. The molecule has 1 atom stereocenters. The maximum absolute atomic E-state index is 11.2. The fourth-order valence-electron chi connectivity index (χ4n) is 0.967. The smallest absolute Gasteiger partial charge is 0.392 e. The fourth-order valence-corrected chi connectivity index (χ4v) is 0.967. The van der Waals surface area contributed by atoms with E-state index >= 15 is 0 Å². The van der Waals surface area contributed by atoms with Crippen molar-refractivity contribution in [1.29, 1.82) is 0 Å². The van der Waals surface area contributed by atoms with Crippen molar-refractivity contribution in [3.05, 3.63) is 10.1 Å². The highest BCUT2D eigenvalue weighted by atomic mass is 16.8. The molecular formula is C10H17NO8. The molecule has 0 aliphatic heterocycles. The van der Waals surface area contributed by atoms with Crippen LogP contribution in [-0.2, 0) is 19.1 Å². The summed E-state index contributed by atoms with van der Waals surface area (Å²) in [6, 6.07) is 0. The van der Waals surface area contributed by atoms with Crippen LogP contribution in [-0.4, -0.2) is 45.2 Å². The zero-order valence-electron chi connectivity index (χ0n) is 10.9. The van der Waals surface area contributed by atoms with Gasteiger partial charge in [-0.1, -0.05) is 13.8 Å². The first-order valence-electron chi connectivity index (χ1n) is 5.58. The van der Waals surface area contributed by atoms with Gasteiger partial charge in [0.15, 0.2) is 0 Å². The molecule has 0 bridgehead atoms. The minimum atomic E-state index is -3.18. The summed E-state index contributed by atoms with van der Waals surface area (Å²) >= 11 is 0. The van der Waals surface area contributed by atoms with Crippen molar-refractivity contribution >= 4 is 11.9 Å². The van der Waals surface area contributed by atoms with Crippen LogP contribution in [0.15, 0.2) is 0 Å². The van der Waals surface area contributed by atoms with Gasteiger partial charge in [0.1, 0.15) is 6.61 Å². The Bertz CT molecular complexity index is 351. The van der Waals surface area contributed by atoms with Gasteiger partial charge < -0.3 is 19.7 Å². The van der Waals surface area contributed by atoms with Gasteiger partial charge in [-0.15, -0.1) is 0 Å². The molecule has 9 heteroatoms. The summed E-state index contributed by atoms with van der Waals surface area (Å²) in [5.41, 5.74) is -2.59. The van der Waals surface area contributed by atoms with Crippen LogP contribution in [0.2, 0.25) is 0 Å². The molecule has 0 aromatic heterocycles. The van der Waals surface area contributed by atoms with Gasteiger partial charge in [-0.3, -0.25) is 19.7 Å². The third-order valence-electron chi connectivity index (χ3n) is 2.47. The van der Waals surface area contributed by atoms with Gasteiger partial charge in [0.05, 0.1) is 0 Å². The molecule has 0 radical (unpaired) electrons. The van der Waals surface area contributed by atoms with Gasteiger partial charge in [0, 0.05) is 24.7 Å². The van der Waals surface area contributed by atoms with Crippen LogP contribution in [0.1, 0.15) is 33.6 Å². The maximum Gasteiger partial charge on any atom is 0.450 e. The summed E-state index contributed by atoms with van der Waals surface area (Å²) in [7, 11) is 0. The van der Waals surface area contributed by atoms with E-state index in [-0.39, 0.29) is 12.8 Å². The Morgan fingerprint density at radius 3 is 1.79 bits per heavy atom. The molecule has 0 spiro atoms. The lowest BCUT2D eigenvalue weighted by Gasteiger charge is -2.33. The molecule has 0 amide bonds. The zero-order chi connectivity index (χ0) is 15.3. The maximum atomic E-state index is 11.2. The monoisotopic (exact) mass is 279 g/mol. The Morgan fingerprint density at radius 1 is 1.21 bits per heavy atom. The van der Waals surface area contributed by atoms with Crippen molar-refractivity contribution in [1.82, 2.24) is 0 Å². The highest BCUT2D eigenvalue weighted by Gasteiger charge is 2.64. The van der Waals surface area contributed by atoms with E-state index in [1.165, 1.54) is 13.8 Å². The van der Waals surface area contributed by atoms with E-state index in [4.69, 9.17) is 5.11 Å². The number of hydrogen-bond donors (Lipinski definition) is 2. The van der Waals surface area contributed by atoms with Gasteiger partial charge in [-0.05, 0) is 0 Å². The van der Waals surface area contributed by atoms with Crippen LogP contribution >= 0.6 is 0 Å². The van der Waals surface area contributed by atoms with E-state index in [1.807, 2.05) is 0 Å². The first-order chi connectivity index (χ1) is 8.66. The lowest BCUT2D eigenvalue weighted by molar-refractivity contribution is -0.632. The van der Waals surface area contributed by atoms with E-state index in [9.17, 15) is 24.8 Å². The Morgan fingerprint density at radius 2 is 1.58 bits per heavy atom. The molecule has 0 saturated heterocycles. The van der Waals surface area contributed by atoms with Crippen molar-refractivity contribution < 1.29 is 34.2 Å². The summed E-state index contributed by atoms with van der Waals surface area (Å²) in [4.78, 5) is 32.3. The molecule has 0 aliphatic rings. The second-order valence-electron chi connectivity index (χ2n) is 3.93. The molecule has 0 fully saturated rings. The van der Waals surface area contributed by atoms with Gasteiger partial charge in [0.2, 0.25) is 0 Å². The number of ether oxygens (including phenoxy) is 2. The van der Waals surface area contributed by atoms with Crippen molar-refractivity contribution in [3.63, 3.8) is 0 Å². The van der Waals surface area contributed by atoms with Crippen molar-refractivity contribution in [3.8, 4) is 0 Å². The van der Waals surface area contributed by atoms with Crippen LogP contribution in [0.4, 0.5) is 0 Å². The van der Waals surface area contributed by atoms with Gasteiger partial charge in [-0.25, -0.2) is 0 Å². The molecule has 0 rings (SSSR count). The molecule has 1 unspecified atom stereocenters. The first kappa shape index (κ1) is 17.3. The highest BCUT2D eigenvalue weighted by Crippen LogP contribution is 2.29. The summed E-state index contributed by atoms with van der Waals surface area (Å²) < 4.78 is 8.90. The minimum absolute atomic E-state index is 0.203. The number of nitro groups is 1. The second kappa shape index (κ2) is 6.43. The minimum Gasteiger partial charge on any atom is -0.392 e. The lowest BCUT2D eigenvalue weighted by Crippen LogP contribution is -2.64. The molecule has 0 saturated carbocycles. The van der Waals surface area contributed by atoms with E-state index in [1.54, 1.807) is 0 Å². The topological polar surface area (TPSA) is 136 Å². The number of aliphatic hydroxyl groups is 2. The Labute approximate surface area is 109 Å². The summed E-state index contributed by atoms with van der Waals surface area (Å²) in [6.07, 6.45) is -0.406. The normalized spacial score (nSPS) is 14.4. The number of esters is 2. The number of nitrogens with zero attached hydrogens (tertiary/aromatic N) is 1. The van der Waals surface area contributed by atoms with E-state index < -0.39 is 35.0 Å². The average molecular weight is 279 g/mol. The van der Waals surface area contributed by atoms with Crippen molar-refractivity contribution in [2.75, 3.05) is 6.61 Å². The average Bonchev–Trinajstić information content (AvgIpc) is 2.36. The molecule has 0 aliphatic carbocycles. The molecule has 2 N–H and O–H groups in total. The Kier molecular flexibility index (Phi) is 5.84. The highest BCUT2D eigenvalue weighted by molar-refractivity contribution is 5.71. The third-order valence-corrected chi connectivity index (χ3v) is 2.47. The Balaban J connectivity index is 5.53. The number of rotatable bonds is 7. The zero-order valence-corrected chi connectivity index (χ0v) is 10.9. The second-order valence-corrected chi connectivity index (χ2v) is 3.93. The number of hydrogen-bond acceptors (Lipinski definition) is 8. The predicted octanol–water partition coefficient (Wildman–Crippen LogP) is -0.433. The number of carbonyl (C=O) groups excluding carboxylic acids is 2. The number of carbonyl (C=O) groups is 2.